The number of benzene rings is 1. The van der Waals surface area contributed by atoms with Gasteiger partial charge in [0.1, 0.15) is 5.82 Å². The zero-order valence-electron chi connectivity index (χ0n) is 11.5. The first kappa shape index (κ1) is 14.2. The molecule has 1 saturated heterocycles. The van der Waals surface area contributed by atoms with Gasteiger partial charge in [0.15, 0.2) is 0 Å². The summed E-state index contributed by atoms with van der Waals surface area (Å²) in [6.07, 6.45) is 2.16. The van der Waals surface area contributed by atoms with E-state index in [0.717, 1.165) is 37.1 Å². The van der Waals surface area contributed by atoms with E-state index in [1.54, 1.807) is 12.1 Å². The third kappa shape index (κ3) is 3.53. The molecule has 2 heteroatoms. The summed E-state index contributed by atoms with van der Waals surface area (Å²) < 4.78 is 13.7. The number of nitrogens with zero attached hydrogens (tertiary/aromatic N) is 1. The van der Waals surface area contributed by atoms with Crippen LogP contribution < -0.4 is 0 Å². The van der Waals surface area contributed by atoms with E-state index < -0.39 is 0 Å². The van der Waals surface area contributed by atoms with Crippen molar-refractivity contribution in [2.75, 3.05) is 20.1 Å². The molecule has 0 aliphatic carbocycles. The molecule has 17 heavy (non-hydrogen) atoms. The Hall–Kier alpha value is -0.890. The largest absolute Gasteiger partial charge is 0.306 e. The molecule has 0 amide bonds. The third-order valence-electron chi connectivity index (χ3n) is 3.40. The number of likely N-dealkylation sites (tertiary alicyclic amines) is 1. The molecule has 0 bridgehead atoms. The summed E-state index contributed by atoms with van der Waals surface area (Å²) in [6.45, 7) is 8.17. The Morgan fingerprint density at radius 2 is 1.76 bits per heavy atom. The summed E-state index contributed by atoms with van der Waals surface area (Å²) in [5.74, 6) is 0.395. The fourth-order valence-electron chi connectivity index (χ4n) is 2.46. The van der Waals surface area contributed by atoms with E-state index in [9.17, 15) is 4.39 Å². The predicted octanol–water partition coefficient (Wildman–Crippen LogP) is 3.97. The van der Waals surface area contributed by atoms with Crippen LogP contribution in [0.25, 0.3) is 0 Å². The van der Waals surface area contributed by atoms with Crippen LogP contribution in [0.3, 0.4) is 0 Å². The highest BCUT2D eigenvalue weighted by Gasteiger charge is 2.22. The van der Waals surface area contributed by atoms with Crippen LogP contribution in [0.5, 0.6) is 0 Å². The average molecular weight is 237 g/mol. The number of rotatable bonds is 1. The van der Waals surface area contributed by atoms with Gasteiger partial charge in [-0.25, -0.2) is 4.39 Å². The van der Waals surface area contributed by atoms with Crippen molar-refractivity contribution in [2.24, 2.45) is 0 Å². The van der Waals surface area contributed by atoms with Crippen LogP contribution in [-0.2, 0) is 0 Å². The summed E-state index contributed by atoms with van der Waals surface area (Å²) in [7, 11) is 2.13. The second-order valence-electron chi connectivity index (χ2n) is 4.55. The first-order chi connectivity index (χ1) is 8.18. The molecule has 1 heterocycles. The van der Waals surface area contributed by atoms with Crippen molar-refractivity contribution in [3.8, 4) is 0 Å². The Labute approximate surface area is 105 Å². The highest BCUT2D eigenvalue weighted by Crippen LogP contribution is 2.31. The lowest BCUT2D eigenvalue weighted by atomic mass is 9.86. The van der Waals surface area contributed by atoms with Crippen molar-refractivity contribution in [2.45, 2.75) is 39.5 Å². The van der Waals surface area contributed by atoms with Crippen LogP contribution in [-0.4, -0.2) is 25.0 Å². The Morgan fingerprint density at radius 3 is 2.29 bits per heavy atom. The van der Waals surface area contributed by atoms with Gasteiger partial charge in [0.05, 0.1) is 0 Å². The molecule has 0 N–H and O–H groups in total. The number of piperidine rings is 1. The zero-order valence-corrected chi connectivity index (χ0v) is 11.5. The van der Waals surface area contributed by atoms with E-state index in [0.29, 0.717) is 5.92 Å². The Morgan fingerprint density at radius 1 is 1.18 bits per heavy atom. The van der Waals surface area contributed by atoms with Crippen molar-refractivity contribution < 1.29 is 4.39 Å². The molecule has 1 aromatic rings. The Balaban J connectivity index is 0.000000686. The molecule has 0 aromatic heterocycles. The fourth-order valence-corrected chi connectivity index (χ4v) is 2.46. The van der Waals surface area contributed by atoms with Gasteiger partial charge in [-0.1, -0.05) is 26.0 Å². The molecule has 96 valence electrons. The van der Waals surface area contributed by atoms with Crippen LogP contribution in [0.1, 0.15) is 43.7 Å². The van der Waals surface area contributed by atoms with Crippen molar-refractivity contribution in [3.05, 3.63) is 35.1 Å². The van der Waals surface area contributed by atoms with Crippen molar-refractivity contribution >= 4 is 0 Å². The van der Waals surface area contributed by atoms with Gasteiger partial charge >= 0.3 is 0 Å². The number of aryl methyl sites for hydroxylation is 1. The SMILES string of the molecule is CC.Cc1cccc(F)c1C1CCN(C)CC1. The molecule has 0 radical (unpaired) electrons. The lowest BCUT2D eigenvalue weighted by Crippen LogP contribution is -2.29. The summed E-state index contributed by atoms with van der Waals surface area (Å²) in [5.41, 5.74) is 2.05. The van der Waals surface area contributed by atoms with Gasteiger partial charge in [-0.05, 0) is 63.0 Å². The van der Waals surface area contributed by atoms with E-state index in [1.807, 2.05) is 26.8 Å². The smallest absolute Gasteiger partial charge is 0.126 e. The standard InChI is InChI=1S/C13H18FN.C2H6/c1-10-4-3-5-12(14)13(10)11-6-8-15(2)9-7-11;1-2/h3-5,11H,6-9H2,1-2H3;1-2H3. The molecular formula is C15H24FN. The average Bonchev–Trinajstić information content (AvgIpc) is 2.34. The predicted molar refractivity (Wildman–Crippen MR) is 72.0 cm³/mol. The van der Waals surface area contributed by atoms with E-state index in [1.165, 1.54) is 0 Å². The fraction of sp³-hybridized carbons (Fsp3) is 0.600. The van der Waals surface area contributed by atoms with E-state index in [2.05, 4.69) is 11.9 Å². The van der Waals surface area contributed by atoms with Crippen LogP contribution in [0.15, 0.2) is 18.2 Å². The van der Waals surface area contributed by atoms with E-state index in [4.69, 9.17) is 0 Å². The zero-order chi connectivity index (χ0) is 12.8. The maximum Gasteiger partial charge on any atom is 0.126 e. The van der Waals surface area contributed by atoms with Gasteiger partial charge in [0.25, 0.3) is 0 Å². The highest BCUT2D eigenvalue weighted by atomic mass is 19.1. The van der Waals surface area contributed by atoms with Crippen molar-refractivity contribution in [1.29, 1.82) is 0 Å². The quantitative estimate of drug-likeness (QED) is 0.714. The molecule has 1 aliphatic heterocycles. The highest BCUT2D eigenvalue weighted by molar-refractivity contribution is 5.31. The molecule has 0 atom stereocenters. The summed E-state index contributed by atoms with van der Waals surface area (Å²) in [5, 5.41) is 0. The molecular weight excluding hydrogens is 213 g/mol. The van der Waals surface area contributed by atoms with Crippen LogP contribution in [0.2, 0.25) is 0 Å². The Kier molecular flexibility index (Phi) is 5.63. The number of halogens is 1. The molecule has 0 saturated carbocycles. The van der Waals surface area contributed by atoms with E-state index >= 15 is 0 Å². The van der Waals surface area contributed by atoms with Crippen LogP contribution in [0.4, 0.5) is 4.39 Å². The lowest BCUT2D eigenvalue weighted by Gasteiger charge is -2.30. The second-order valence-corrected chi connectivity index (χ2v) is 4.55. The molecule has 1 fully saturated rings. The number of hydrogen-bond donors (Lipinski definition) is 0. The van der Waals surface area contributed by atoms with Gasteiger partial charge in [-0.2, -0.15) is 0 Å². The summed E-state index contributed by atoms with van der Waals surface area (Å²) >= 11 is 0. The topological polar surface area (TPSA) is 3.24 Å². The van der Waals surface area contributed by atoms with Gasteiger partial charge in [0.2, 0.25) is 0 Å². The minimum Gasteiger partial charge on any atom is -0.306 e. The molecule has 2 rings (SSSR count). The third-order valence-corrected chi connectivity index (χ3v) is 3.40. The minimum atomic E-state index is -0.0236. The van der Waals surface area contributed by atoms with Crippen LogP contribution >= 0.6 is 0 Å². The monoisotopic (exact) mass is 237 g/mol. The molecule has 0 spiro atoms. The normalized spacial score (nSPS) is 17.5. The Bertz CT molecular complexity index is 321. The van der Waals surface area contributed by atoms with Crippen LogP contribution in [0, 0.1) is 12.7 Å². The molecule has 1 nitrogen and oxygen atoms in total. The molecule has 1 aliphatic rings. The summed E-state index contributed by atoms with van der Waals surface area (Å²) in [6, 6.07) is 5.39. The lowest BCUT2D eigenvalue weighted by molar-refractivity contribution is 0.252. The summed E-state index contributed by atoms with van der Waals surface area (Å²) in [4.78, 5) is 2.31. The van der Waals surface area contributed by atoms with Crippen molar-refractivity contribution in [1.82, 2.24) is 4.90 Å². The van der Waals surface area contributed by atoms with Gasteiger partial charge in [-0.3, -0.25) is 0 Å². The first-order valence-corrected chi connectivity index (χ1v) is 6.62. The minimum absolute atomic E-state index is 0.0236. The van der Waals surface area contributed by atoms with Gasteiger partial charge < -0.3 is 4.90 Å². The molecule has 0 unspecified atom stereocenters. The first-order valence-electron chi connectivity index (χ1n) is 6.62. The van der Waals surface area contributed by atoms with Gasteiger partial charge in [0, 0.05) is 0 Å². The second kappa shape index (κ2) is 6.75. The van der Waals surface area contributed by atoms with Gasteiger partial charge in [-0.15, -0.1) is 0 Å². The maximum atomic E-state index is 13.7. The van der Waals surface area contributed by atoms with E-state index in [-0.39, 0.29) is 5.82 Å². The maximum absolute atomic E-state index is 13.7. The number of hydrogen-bond acceptors (Lipinski definition) is 1. The molecule has 1 aromatic carbocycles. The van der Waals surface area contributed by atoms with Crippen molar-refractivity contribution in [3.63, 3.8) is 0 Å².